The van der Waals surface area contributed by atoms with E-state index in [4.69, 9.17) is 10.8 Å². The van der Waals surface area contributed by atoms with E-state index >= 15 is 0 Å². The molecule has 1 aliphatic carbocycles. The molecular formula is C7H15NO. The minimum Gasteiger partial charge on any atom is -0.395 e. The van der Waals surface area contributed by atoms with Gasteiger partial charge in [-0.3, -0.25) is 0 Å². The van der Waals surface area contributed by atoms with Crippen LogP contribution in [0.25, 0.3) is 0 Å². The fourth-order valence-corrected chi connectivity index (χ4v) is 1.37. The van der Waals surface area contributed by atoms with Crippen molar-refractivity contribution in [3.63, 3.8) is 0 Å². The Bertz CT molecular complexity index is 111. The molecule has 3 N–H and O–H groups in total. The zero-order valence-electron chi connectivity index (χ0n) is 6.09. The minimum absolute atomic E-state index is 0.0139. The van der Waals surface area contributed by atoms with Crippen molar-refractivity contribution in [2.75, 3.05) is 6.61 Å². The topological polar surface area (TPSA) is 46.2 Å². The van der Waals surface area contributed by atoms with Crippen LogP contribution in [0.3, 0.4) is 0 Å². The van der Waals surface area contributed by atoms with Crippen LogP contribution in [0.2, 0.25) is 0 Å². The Hall–Kier alpha value is -0.0800. The Balaban J connectivity index is 2.33. The Kier molecular flexibility index (Phi) is 1.53. The molecule has 1 rings (SSSR count). The first-order valence-corrected chi connectivity index (χ1v) is 3.44. The summed E-state index contributed by atoms with van der Waals surface area (Å²) in [5.41, 5.74) is 6.01. The fourth-order valence-electron chi connectivity index (χ4n) is 1.37. The molecule has 9 heavy (non-hydrogen) atoms. The van der Waals surface area contributed by atoms with Gasteiger partial charge in [0.15, 0.2) is 0 Å². The SMILES string of the molecule is CC1(C)CC1C(N)CO. The molecule has 0 bridgehead atoms. The summed E-state index contributed by atoms with van der Waals surface area (Å²) in [6, 6.07) is 0.0139. The molecule has 1 fully saturated rings. The molecule has 0 spiro atoms. The van der Waals surface area contributed by atoms with Gasteiger partial charge in [-0.15, -0.1) is 0 Å². The molecule has 0 saturated heterocycles. The highest BCUT2D eigenvalue weighted by Crippen LogP contribution is 2.52. The molecule has 1 saturated carbocycles. The van der Waals surface area contributed by atoms with E-state index in [9.17, 15) is 0 Å². The molecule has 54 valence electrons. The van der Waals surface area contributed by atoms with Gasteiger partial charge in [-0.25, -0.2) is 0 Å². The van der Waals surface area contributed by atoms with Crippen molar-refractivity contribution in [2.45, 2.75) is 26.3 Å². The van der Waals surface area contributed by atoms with Gasteiger partial charge >= 0.3 is 0 Å². The molecule has 2 unspecified atom stereocenters. The molecule has 2 nitrogen and oxygen atoms in total. The van der Waals surface area contributed by atoms with E-state index in [1.165, 1.54) is 6.42 Å². The first kappa shape index (κ1) is 7.03. The highest BCUT2D eigenvalue weighted by atomic mass is 16.3. The average molecular weight is 129 g/mol. The van der Waals surface area contributed by atoms with Crippen LogP contribution in [0.15, 0.2) is 0 Å². The van der Waals surface area contributed by atoms with Gasteiger partial charge in [-0.2, -0.15) is 0 Å². The molecule has 1 aliphatic rings. The Morgan fingerprint density at radius 1 is 1.78 bits per heavy atom. The van der Waals surface area contributed by atoms with Gasteiger partial charge < -0.3 is 10.8 Å². The summed E-state index contributed by atoms with van der Waals surface area (Å²) in [5, 5.41) is 8.65. The maximum atomic E-state index is 8.65. The standard InChI is InChI=1S/C7H15NO/c1-7(2)3-5(7)6(8)4-9/h5-6,9H,3-4,8H2,1-2H3. The van der Waals surface area contributed by atoms with Crippen molar-refractivity contribution in [3.8, 4) is 0 Å². The van der Waals surface area contributed by atoms with Gasteiger partial charge in [0.05, 0.1) is 6.61 Å². The van der Waals surface area contributed by atoms with Crippen molar-refractivity contribution in [1.82, 2.24) is 0 Å². The minimum atomic E-state index is 0.0139. The second-order valence-corrected chi connectivity index (χ2v) is 3.65. The van der Waals surface area contributed by atoms with Gasteiger partial charge in [0.1, 0.15) is 0 Å². The van der Waals surface area contributed by atoms with Crippen molar-refractivity contribution in [3.05, 3.63) is 0 Å². The first-order chi connectivity index (χ1) is 4.08. The van der Waals surface area contributed by atoms with Crippen LogP contribution in [-0.2, 0) is 0 Å². The lowest BCUT2D eigenvalue weighted by atomic mass is 10.1. The molecule has 0 heterocycles. The lowest BCUT2D eigenvalue weighted by molar-refractivity contribution is 0.244. The normalized spacial score (nSPS) is 34.0. The van der Waals surface area contributed by atoms with Crippen molar-refractivity contribution in [2.24, 2.45) is 17.1 Å². The van der Waals surface area contributed by atoms with Crippen molar-refractivity contribution >= 4 is 0 Å². The molecule has 0 aromatic heterocycles. The number of aliphatic hydroxyl groups excluding tert-OH is 1. The predicted molar refractivity (Wildman–Crippen MR) is 36.9 cm³/mol. The van der Waals surface area contributed by atoms with Crippen LogP contribution < -0.4 is 5.73 Å². The van der Waals surface area contributed by atoms with E-state index < -0.39 is 0 Å². The molecule has 2 heteroatoms. The summed E-state index contributed by atoms with van der Waals surface area (Å²) < 4.78 is 0. The van der Waals surface area contributed by atoms with E-state index in [-0.39, 0.29) is 12.6 Å². The molecule has 0 aliphatic heterocycles. The van der Waals surface area contributed by atoms with Crippen LogP contribution in [0, 0.1) is 11.3 Å². The van der Waals surface area contributed by atoms with E-state index in [1.807, 2.05) is 0 Å². The second-order valence-electron chi connectivity index (χ2n) is 3.65. The summed E-state index contributed by atoms with van der Waals surface area (Å²) in [6.45, 7) is 4.51. The van der Waals surface area contributed by atoms with E-state index in [2.05, 4.69) is 13.8 Å². The Morgan fingerprint density at radius 3 is 2.33 bits per heavy atom. The van der Waals surface area contributed by atoms with E-state index in [1.54, 1.807) is 0 Å². The van der Waals surface area contributed by atoms with Gasteiger partial charge in [-0.1, -0.05) is 13.8 Å². The lowest BCUT2D eigenvalue weighted by Gasteiger charge is -2.08. The molecular weight excluding hydrogens is 114 g/mol. The predicted octanol–water partition coefficient (Wildman–Crippen LogP) is 0.352. The summed E-state index contributed by atoms with van der Waals surface area (Å²) in [7, 11) is 0. The lowest BCUT2D eigenvalue weighted by Crippen LogP contribution is -2.28. The number of hydrogen-bond acceptors (Lipinski definition) is 2. The van der Waals surface area contributed by atoms with Crippen LogP contribution in [-0.4, -0.2) is 17.8 Å². The quantitative estimate of drug-likeness (QED) is 0.565. The van der Waals surface area contributed by atoms with Crippen LogP contribution in [0.5, 0.6) is 0 Å². The van der Waals surface area contributed by atoms with Crippen molar-refractivity contribution < 1.29 is 5.11 Å². The van der Waals surface area contributed by atoms with Crippen molar-refractivity contribution in [1.29, 1.82) is 0 Å². The van der Waals surface area contributed by atoms with E-state index in [0.29, 0.717) is 11.3 Å². The summed E-state index contributed by atoms with van der Waals surface area (Å²) in [6.07, 6.45) is 1.18. The maximum Gasteiger partial charge on any atom is 0.0585 e. The number of hydrogen-bond donors (Lipinski definition) is 2. The first-order valence-electron chi connectivity index (χ1n) is 3.44. The van der Waals surface area contributed by atoms with Gasteiger partial charge in [0.25, 0.3) is 0 Å². The number of rotatable bonds is 2. The third kappa shape index (κ3) is 1.25. The monoisotopic (exact) mass is 129 g/mol. The highest BCUT2D eigenvalue weighted by molar-refractivity contribution is 5.00. The fraction of sp³-hybridized carbons (Fsp3) is 1.00. The maximum absolute atomic E-state index is 8.65. The summed E-state index contributed by atoms with van der Waals surface area (Å²) in [5.74, 6) is 0.558. The van der Waals surface area contributed by atoms with Gasteiger partial charge in [0.2, 0.25) is 0 Å². The largest absolute Gasteiger partial charge is 0.395 e. The molecule has 0 amide bonds. The van der Waals surface area contributed by atoms with Crippen LogP contribution >= 0.6 is 0 Å². The van der Waals surface area contributed by atoms with Gasteiger partial charge in [0, 0.05) is 6.04 Å². The third-order valence-corrected chi connectivity index (χ3v) is 2.32. The summed E-state index contributed by atoms with van der Waals surface area (Å²) >= 11 is 0. The Morgan fingerprint density at radius 2 is 2.22 bits per heavy atom. The zero-order valence-corrected chi connectivity index (χ0v) is 6.09. The second kappa shape index (κ2) is 1.96. The zero-order chi connectivity index (χ0) is 7.07. The average Bonchev–Trinajstić information content (AvgIpc) is 2.38. The molecule has 2 atom stereocenters. The van der Waals surface area contributed by atoms with E-state index in [0.717, 1.165) is 0 Å². The highest BCUT2D eigenvalue weighted by Gasteiger charge is 2.48. The van der Waals surface area contributed by atoms with Gasteiger partial charge in [-0.05, 0) is 17.8 Å². The third-order valence-electron chi connectivity index (χ3n) is 2.32. The molecule has 0 aromatic rings. The molecule has 0 radical (unpaired) electrons. The molecule has 0 aromatic carbocycles. The summed E-state index contributed by atoms with van der Waals surface area (Å²) in [4.78, 5) is 0. The van der Waals surface area contributed by atoms with Crippen LogP contribution in [0.1, 0.15) is 20.3 Å². The smallest absolute Gasteiger partial charge is 0.0585 e. The number of aliphatic hydroxyl groups is 1. The Labute approximate surface area is 56.1 Å². The van der Waals surface area contributed by atoms with Crippen LogP contribution in [0.4, 0.5) is 0 Å². The number of nitrogens with two attached hydrogens (primary N) is 1.